The summed E-state index contributed by atoms with van der Waals surface area (Å²) in [6.45, 7) is 8.40. The molecule has 0 aromatic carbocycles. The first-order chi connectivity index (χ1) is 9.71. The van der Waals surface area contributed by atoms with Crippen molar-refractivity contribution in [2.24, 2.45) is 5.92 Å². The first-order valence-electron chi connectivity index (χ1n) is 7.26. The smallest absolute Gasteiger partial charge is 0.323 e. The highest BCUT2D eigenvalue weighted by molar-refractivity contribution is 5.35. The third-order valence-corrected chi connectivity index (χ3v) is 3.26. The molecular formula is C13H24N6O. The highest BCUT2D eigenvalue weighted by Crippen LogP contribution is 2.16. The lowest BCUT2D eigenvalue weighted by Crippen LogP contribution is -2.20. The van der Waals surface area contributed by atoms with Crippen molar-refractivity contribution in [1.82, 2.24) is 19.9 Å². The Hall–Kier alpha value is -1.63. The predicted octanol–water partition coefficient (Wildman–Crippen LogP) is 1.07. The van der Waals surface area contributed by atoms with Gasteiger partial charge in [-0.3, -0.25) is 0 Å². The molecule has 0 spiro atoms. The Morgan fingerprint density at radius 2 is 1.95 bits per heavy atom. The molecule has 0 radical (unpaired) electrons. The van der Waals surface area contributed by atoms with Crippen molar-refractivity contribution in [3.63, 3.8) is 0 Å². The van der Waals surface area contributed by atoms with E-state index in [1.807, 2.05) is 13.8 Å². The van der Waals surface area contributed by atoms with Crippen LogP contribution in [0.5, 0.6) is 6.01 Å². The topological polar surface area (TPSA) is 75.2 Å². The van der Waals surface area contributed by atoms with Crippen molar-refractivity contribution in [2.75, 3.05) is 50.5 Å². The van der Waals surface area contributed by atoms with Gasteiger partial charge in [-0.25, -0.2) is 0 Å². The third kappa shape index (κ3) is 4.19. The van der Waals surface area contributed by atoms with Crippen molar-refractivity contribution >= 4 is 11.9 Å². The molecule has 0 aliphatic carbocycles. The average Bonchev–Trinajstić information content (AvgIpc) is 2.83. The van der Waals surface area contributed by atoms with Crippen molar-refractivity contribution in [3.05, 3.63) is 0 Å². The molecule has 7 heteroatoms. The van der Waals surface area contributed by atoms with Crippen LogP contribution in [0.15, 0.2) is 0 Å². The lowest BCUT2D eigenvalue weighted by Gasteiger charge is -2.13. The van der Waals surface area contributed by atoms with E-state index in [0.717, 1.165) is 26.2 Å². The van der Waals surface area contributed by atoms with E-state index in [4.69, 9.17) is 4.74 Å². The Balaban J connectivity index is 1.98. The zero-order chi connectivity index (χ0) is 14.4. The van der Waals surface area contributed by atoms with Crippen LogP contribution in [-0.4, -0.2) is 59.7 Å². The maximum atomic E-state index is 5.37. The Labute approximate surface area is 120 Å². The van der Waals surface area contributed by atoms with E-state index in [1.165, 1.54) is 6.42 Å². The van der Waals surface area contributed by atoms with Crippen LogP contribution < -0.4 is 15.4 Å². The van der Waals surface area contributed by atoms with Crippen LogP contribution in [0.1, 0.15) is 20.3 Å². The monoisotopic (exact) mass is 280 g/mol. The fourth-order valence-corrected chi connectivity index (χ4v) is 2.29. The van der Waals surface area contributed by atoms with Gasteiger partial charge < -0.3 is 20.3 Å². The zero-order valence-electron chi connectivity index (χ0n) is 12.5. The maximum Gasteiger partial charge on any atom is 0.323 e. The number of nitrogens with one attached hydrogen (secondary N) is 2. The summed E-state index contributed by atoms with van der Waals surface area (Å²) in [5.74, 6) is 1.78. The normalized spacial score (nSPS) is 19.1. The maximum absolute atomic E-state index is 5.37. The molecule has 1 unspecified atom stereocenters. The molecule has 0 saturated carbocycles. The molecule has 1 aliphatic rings. The predicted molar refractivity (Wildman–Crippen MR) is 79.3 cm³/mol. The molecule has 1 atom stereocenters. The van der Waals surface area contributed by atoms with E-state index in [9.17, 15) is 0 Å². The Bertz CT molecular complexity index is 403. The van der Waals surface area contributed by atoms with Crippen molar-refractivity contribution in [2.45, 2.75) is 20.3 Å². The van der Waals surface area contributed by atoms with E-state index in [1.54, 1.807) is 0 Å². The quantitative estimate of drug-likeness (QED) is 0.773. The second kappa shape index (κ2) is 7.23. The summed E-state index contributed by atoms with van der Waals surface area (Å²) in [5.41, 5.74) is 0. The van der Waals surface area contributed by atoms with Crippen LogP contribution >= 0.6 is 0 Å². The van der Waals surface area contributed by atoms with Gasteiger partial charge in [0.1, 0.15) is 0 Å². The molecule has 1 saturated heterocycles. The molecule has 1 fully saturated rings. The number of ether oxygens (including phenoxy) is 1. The van der Waals surface area contributed by atoms with Gasteiger partial charge in [-0.2, -0.15) is 15.0 Å². The summed E-state index contributed by atoms with van der Waals surface area (Å²) in [5, 5.41) is 6.39. The van der Waals surface area contributed by atoms with Crippen molar-refractivity contribution < 1.29 is 4.74 Å². The number of aromatic nitrogens is 3. The van der Waals surface area contributed by atoms with Crippen LogP contribution in [0.2, 0.25) is 0 Å². The van der Waals surface area contributed by atoms with Gasteiger partial charge >= 0.3 is 6.01 Å². The van der Waals surface area contributed by atoms with E-state index >= 15 is 0 Å². The standard InChI is InChI=1S/C13H24N6O/c1-4-14-11-16-12(18-13(17-11)20-5-2)15-8-10-6-7-19(3)9-10/h10H,4-9H2,1-3H3,(H2,14,15,16,17,18). The molecule has 2 heterocycles. The van der Waals surface area contributed by atoms with Gasteiger partial charge in [0.15, 0.2) is 0 Å². The fraction of sp³-hybridized carbons (Fsp3) is 0.769. The SMILES string of the molecule is CCNc1nc(NCC2CCN(C)C2)nc(OCC)n1. The Morgan fingerprint density at radius 3 is 2.55 bits per heavy atom. The highest BCUT2D eigenvalue weighted by Gasteiger charge is 2.19. The van der Waals surface area contributed by atoms with Crippen LogP contribution in [0.3, 0.4) is 0 Å². The van der Waals surface area contributed by atoms with Crippen LogP contribution in [0, 0.1) is 5.92 Å². The summed E-state index contributed by atoms with van der Waals surface area (Å²) in [6, 6.07) is 0.365. The number of anilines is 2. The van der Waals surface area contributed by atoms with Crippen LogP contribution in [0.25, 0.3) is 0 Å². The van der Waals surface area contributed by atoms with Gasteiger partial charge in [0.25, 0.3) is 0 Å². The largest absolute Gasteiger partial charge is 0.464 e. The first-order valence-corrected chi connectivity index (χ1v) is 7.26. The van der Waals surface area contributed by atoms with Gasteiger partial charge in [0, 0.05) is 19.6 Å². The molecule has 7 nitrogen and oxygen atoms in total. The van der Waals surface area contributed by atoms with Gasteiger partial charge in [0.2, 0.25) is 11.9 Å². The molecule has 20 heavy (non-hydrogen) atoms. The molecule has 0 amide bonds. The lowest BCUT2D eigenvalue weighted by molar-refractivity contribution is 0.312. The van der Waals surface area contributed by atoms with Crippen molar-refractivity contribution in [1.29, 1.82) is 0 Å². The van der Waals surface area contributed by atoms with Gasteiger partial charge in [-0.1, -0.05) is 0 Å². The number of nitrogens with zero attached hydrogens (tertiary/aromatic N) is 4. The third-order valence-electron chi connectivity index (χ3n) is 3.26. The van der Waals surface area contributed by atoms with E-state index in [2.05, 4.69) is 37.5 Å². The number of likely N-dealkylation sites (tertiary alicyclic amines) is 1. The van der Waals surface area contributed by atoms with Crippen LogP contribution in [-0.2, 0) is 0 Å². The molecule has 1 aromatic rings. The van der Waals surface area contributed by atoms with E-state index in [-0.39, 0.29) is 0 Å². The van der Waals surface area contributed by atoms with Gasteiger partial charge in [-0.15, -0.1) is 0 Å². The second-order valence-corrected chi connectivity index (χ2v) is 5.03. The molecule has 2 N–H and O–H groups in total. The van der Waals surface area contributed by atoms with Crippen molar-refractivity contribution in [3.8, 4) is 6.01 Å². The number of rotatable bonds is 7. The molecule has 1 aromatic heterocycles. The summed E-state index contributed by atoms with van der Waals surface area (Å²) >= 11 is 0. The number of hydrogen-bond acceptors (Lipinski definition) is 7. The highest BCUT2D eigenvalue weighted by atomic mass is 16.5. The minimum Gasteiger partial charge on any atom is -0.464 e. The minimum absolute atomic E-state index is 0.365. The summed E-state index contributed by atoms with van der Waals surface area (Å²) in [6.07, 6.45) is 1.22. The van der Waals surface area contributed by atoms with E-state index in [0.29, 0.717) is 30.4 Å². The Kier molecular flexibility index (Phi) is 5.34. The lowest BCUT2D eigenvalue weighted by atomic mass is 10.1. The number of hydrogen-bond donors (Lipinski definition) is 2. The fourth-order valence-electron chi connectivity index (χ4n) is 2.29. The van der Waals surface area contributed by atoms with E-state index < -0.39 is 0 Å². The van der Waals surface area contributed by atoms with Gasteiger partial charge in [-0.05, 0) is 39.8 Å². The van der Waals surface area contributed by atoms with Gasteiger partial charge in [0.05, 0.1) is 6.61 Å². The summed E-state index contributed by atoms with van der Waals surface area (Å²) in [7, 11) is 2.15. The molecule has 1 aliphatic heterocycles. The summed E-state index contributed by atoms with van der Waals surface area (Å²) in [4.78, 5) is 15.2. The average molecular weight is 280 g/mol. The van der Waals surface area contributed by atoms with Crippen LogP contribution in [0.4, 0.5) is 11.9 Å². The molecule has 0 bridgehead atoms. The second-order valence-electron chi connectivity index (χ2n) is 5.03. The Morgan fingerprint density at radius 1 is 1.20 bits per heavy atom. The minimum atomic E-state index is 0.365. The zero-order valence-corrected chi connectivity index (χ0v) is 12.5. The molecule has 2 rings (SSSR count). The first kappa shape index (κ1) is 14.8. The summed E-state index contributed by atoms with van der Waals surface area (Å²) < 4.78 is 5.37. The molecular weight excluding hydrogens is 256 g/mol. The molecule has 112 valence electrons.